The van der Waals surface area contributed by atoms with E-state index >= 15 is 0 Å². The lowest BCUT2D eigenvalue weighted by atomic mass is 9.96. The lowest BCUT2D eigenvalue weighted by Gasteiger charge is -2.24. The Morgan fingerprint density at radius 1 is 1.38 bits per heavy atom. The van der Waals surface area contributed by atoms with Crippen molar-refractivity contribution >= 4 is 29.1 Å². The van der Waals surface area contributed by atoms with E-state index in [1.165, 1.54) is 4.90 Å². The van der Waals surface area contributed by atoms with Crippen LogP contribution in [0.25, 0.3) is 0 Å². The first kappa shape index (κ1) is 15.8. The number of hydrogen-bond acceptors (Lipinski definition) is 3. The smallest absolute Gasteiger partial charge is 0.255 e. The second-order valence-electron chi connectivity index (χ2n) is 5.90. The fourth-order valence-corrected chi connectivity index (χ4v) is 2.34. The van der Waals surface area contributed by atoms with Crippen molar-refractivity contribution in [2.24, 2.45) is 11.7 Å². The Balaban J connectivity index is 2.28. The highest BCUT2D eigenvalue weighted by atomic mass is 35.5. The van der Waals surface area contributed by atoms with Crippen molar-refractivity contribution < 1.29 is 9.59 Å². The van der Waals surface area contributed by atoms with Crippen LogP contribution in [0.2, 0.25) is 5.02 Å². The van der Waals surface area contributed by atoms with Crippen LogP contribution in [0.1, 0.15) is 30.1 Å². The fourth-order valence-electron chi connectivity index (χ4n) is 2.17. The molecule has 21 heavy (non-hydrogen) atoms. The Bertz CT molecular complexity index is 580. The largest absolute Gasteiger partial charge is 0.345 e. The molecule has 1 aromatic carbocycles. The molecule has 0 aromatic heterocycles. The van der Waals surface area contributed by atoms with Gasteiger partial charge in [-0.05, 0) is 43.9 Å². The summed E-state index contributed by atoms with van der Waals surface area (Å²) >= 11 is 5.97. The molecule has 6 heteroatoms. The van der Waals surface area contributed by atoms with E-state index in [0.717, 1.165) is 12.8 Å². The number of anilines is 1. The molecule has 1 fully saturated rings. The van der Waals surface area contributed by atoms with Gasteiger partial charge in [0, 0.05) is 19.1 Å². The summed E-state index contributed by atoms with van der Waals surface area (Å²) in [6.45, 7) is 1.72. The van der Waals surface area contributed by atoms with Crippen LogP contribution in [0.15, 0.2) is 18.2 Å². The first-order chi connectivity index (χ1) is 9.73. The number of halogens is 1. The second-order valence-corrected chi connectivity index (χ2v) is 6.34. The van der Waals surface area contributed by atoms with Gasteiger partial charge in [0.25, 0.3) is 5.91 Å². The van der Waals surface area contributed by atoms with Gasteiger partial charge in [0.1, 0.15) is 0 Å². The molecule has 1 aromatic rings. The standard InChI is InChI=1S/C15H20ClN3O2/c1-15(17,9-4-5-9)14(21)18-12-8-10(16)6-7-11(12)13(20)19(2)3/h6-9H,4-5,17H2,1-3H3,(H,18,21). The second kappa shape index (κ2) is 5.66. The maximum Gasteiger partial charge on any atom is 0.255 e. The van der Waals surface area contributed by atoms with Crippen molar-refractivity contribution in [2.75, 3.05) is 19.4 Å². The number of amides is 2. The Kier molecular flexibility index (Phi) is 4.25. The highest BCUT2D eigenvalue weighted by Crippen LogP contribution is 2.38. The predicted octanol–water partition coefficient (Wildman–Crippen LogP) is 2.11. The van der Waals surface area contributed by atoms with Crippen LogP contribution in [0, 0.1) is 5.92 Å². The molecule has 0 spiro atoms. The molecule has 0 heterocycles. The minimum absolute atomic E-state index is 0.199. The van der Waals surface area contributed by atoms with Crippen molar-refractivity contribution in [3.8, 4) is 0 Å². The molecule has 0 saturated heterocycles. The van der Waals surface area contributed by atoms with E-state index in [9.17, 15) is 9.59 Å². The molecule has 1 aliphatic rings. The molecule has 1 aliphatic carbocycles. The summed E-state index contributed by atoms with van der Waals surface area (Å²) < 4.78 is 0. The molecule has 2 rings (SSSR count). The summed E-state index contributed by atoms with van der Waals surface area (Å²) in [7, 11) is 3.31. The van der Waals surface area contributed by atoms with Crippen LogP contribution < -0.4 is 11.1 Å². The summed E-state index contributed by atoms with van der Waals surface area (Å²) in [6, 6.07) is 4.79. The third kappa shape index (κ3) is 3.36. The quantitative estimate of drug-likeness (QED) is 0.894. The van der Waals surface area contributed by atoms with Gasteiger partial charge in [-0.2, -0.15) is 0 Å². The Hall–Kier alpha value is -1.59. The summed E-state index contributed by atoms with van der Waals surface area (Å²) in [5, 5.41) is 3.20. The van der Waals surface area contributed by atoms with Gasteiger partial charge in [0.15, 0.2) is 0 Å². The summed E-state index contributed by atoms with van der Waals surface area (Å²) in [6.07, 6.45) is 1.92. The summed E-state index contributed by atoms with van der Waals surface area (Å²) in [4.78, 5) is 26.0. The molecular formula is C15H20ClN3O2. The molecule has 0 aliphatic heterocycles. The number of nitrogens with one attached hydrogen (secondary N) is 1. The van der Waals surface area contributed by atoms with E-state index in [0.29, 0.717) is 16.3 Å². The van der Waals surface area contributed by atoms with Gasteiger partial charge in [-0.15, -0.1) is 0 Å². The number of carbonyl (C=O) groups is 2. The fraction of sp³-hybridized carbons (Fsp3) is 0.467. The molecule has 1 unspecified atom stereocenters. The topological polar surface area (TPSA) is 75.4 Å². The molecule has 1 atom stereocenters. The molecule has 2 amide bonds. The highest BCUT2D eigenvalue weighted by molar-refractivity contribution is 6.31. The van der Waals surface area contributed by atoms with Crippen LogP contribution >= 0.6 is 11.6 Å². The predicted molar refractivity (Wildman–Crippen MR) is 83.4 cm³/mol. The van der Waals surface area contributed by atoms with Gasteiger partial charge >= 0.3 is 0 Å². The molecule has 114 valence electrons. The number of nitrogens with two attached hydrogens (primary N) is 1. The van der Waals surface area contributed by atoms with Crippen LogP contribution in [0.4, 0.5) is 5.69 Å². The number of rotatable bonds is 4. The van der Waals surface area contributed by atoms with Crippen molar-refractivity contribution in [1.29, 1.82) is 0 Å². The minimum atomic E-state index is -0.930. The monoisotopic (exact) mass is 309 g/mol. The molecule has 1 saturated carbocycles. The first-order valence-corrected chi connectivity index (χ1v) is 7.23. The van der Waals surface area contributed by atoms with Crippen molar-refractivity contribution in [1.82, 2.24) is 4.90 Å². The zero-order valence-electron chi connectivity index (χ0n) is 12.4. The average Bonchev–Trinajstić information content (AvgIpc) is 3.22. The van der Waals surface area contributed by atoms with Crippen LogP contribution in [0.3, 0.4) is 0 Å². The molecule has 5 nitrogen and oxygen atoms in total. The number of hydrogen-bond donors (Lipinski definition) is 2. The van der Waals surface area contributed by atoms with E-state index in [1.807, 2.05) is 0 Å². The van der Waals surface area contributed by atoms with E-state index in [-0.39, 0.29) is 17.7 Å². The zero-order valence-corrected chi connectivity index (χ0v) is 13.2. The van der Waals surface area contributed by atoms with E-state index in [4.69, 9.17) is 17.3 Å². The maximum absolute atomic E-state index is 12.4. The molecule has 3 N–H and O–H groups in total. The summed E-state index contributed by atoms with van der Waals surface area (Å²) in [5.41, 5.74) is 5.95. The minimum Gasteiger partial charge on any atom is -0.345 e. The zero-order chi connectivity index (χ0) is 15.8. The van der Waals surface area contributed by atoms with E-state index < -0.39 is 5.54 Å². The maximum atomic E-state index is 12.4. The van der Waals surface area contributed by atoms with Gasteiger partial charge < -0.3 is 16.0 Å². The lowest BCUT2D eigenvalue weighted by Crippen LogP contribution is -2.50. The molecule has 0 bridgehead atoms. The van der Waals surface area contributed by atoms with Gasteiger partial charge in [0.05, 0.1) is 16.8 Å². The van der Waals surface area contributed by atoms with E-state index in [1.54, 1.807) is 39.2 Å². The first-order valence-electron chi connectivity index (χ1n) is 6.85. The van der Waals surface area contributed by atoms with Crippen LogP contribution in [0.5, 0.6) is 0 Å². The van der Waals surface area contributed by atoms with E-state index in [2.05, 4.69) is 5.32 Å². The van der Waals surface area contributed by atoms with Gasteiger partial charge in [-0.3, -0.25) is 9.59 Å². The van der Waals surface area contributed by atoms with Crippen molar-refractivity contribution in [3.63, 3.8) is 0 Å². The molecule has 0 radical (unpaired) electrons. The van der Waals surface area contributed by atoms with Crippen molar-refractivity contribution in [3.05, 3.63) is 28.8 Å². The van der Waals surface area contributed by atoms with Gasteiger partial charge in [-0.25, -0.2) is 0 Å². The molecular weight excluding hydrogens is 290 g/mol. The normalized spacial score (nSPS) is 17.0. The highest BCUT2D eigenvalue weighted by Gasteiger charge is 2.44. The SMILES string of the molecule is CN(C)C(=O)c1ccc(Cl)cc1NC(=O)C(C)(N)C1CC1. The number of nitrogens with zero attached hydrogens (tertiary/aromatic N) is 1. The Labute approximate surface area is 129 Å². The Morgan fingerprint density at radius 2 is 2.00 bits per heavy atom. The third-order valence-electron chi connectivity index (χ3n) is 3.78. The summed E-state index contributed by atoms with van der Waals surface area (Å²) in [5.74, 6) is -0.295. The van der Waals surface area contributed by atoms with Gasteiger partial charge in [0.2, 0.25) is 5.91 Å². The van der Waals surface area contributed by atoms with Gasteiger partial charge in [-0.1, -0.05) is 11.6 Å². The number of carbonyl (C=O) groups excluding carboxylic acids is 2. The number of benzene rings is 1. The van der Waals surface area contributed by atoms with Crippen LogP contribution in [-0.4, -0.2) is 36.3 Å². The van der Waals surface area contributed by atoms with Crippen LogP contribution in [-0.2, 0) is 4.79 Å². The Morgan fingerprint density at radius 3 is 2.52 bits per heavy atom. The lowest BCUT2D eigenvalue weighted by molar-refractivity contribution is -0.121. The van der Waals surface area contributed by atoms with Crippen molar-refractivity contribution in [2.45, 2.75) is 25.3 Å². The average molecular weight is 310 g/mol. The third-order valence-corrected chi connectivity index (χ3v) is 4.02.